The monoisotopic (exact) mass is 383 g/mol. The number of likely N-dealkylation sites (tertiary alicyclic amines) is 1. The van der Waals surface area contributed by atoms with Crippen LogP contribution >= 0.6 is 0 Å². The van der Waals surface area contributed by atoms with E-state index in [-0.39, 0.29) is 42.3 Å². The number of hydrogen-bond acceptors (Lipinski definition) is 5. The fraction of sp³-hybridized carbons (Fsp3) is 0.571. The molecule has 3 fully saturated rings. The van der Waals surface area contributed by atoms with Crippen LogP contribution in [0.2, 0.25) is 0 Å². The summed E-state index contributed by atoms with van der Waals surface area (Å²) in [5.74, 6) is -1.83. The van der Waals surface area contributed by atoms with Crippen LogP contribution in [-0.4, -0.2) is 47.9 Å². The molecule has 5 rings (SSSR count). The fourth-order valence-corrected chi connectivity index (χ4v) is 5.50. The second-order valence-corrected chi connectivity index (χ2v) is 8.65. The molecule has 4 aliphatic rings. The van der Waals surface area contributed by atoms with Gasteiger partial charge in [-0.05, 0) is 24.8 Å². The molecule has 0 bridgehead atoms. The molecule has 4 heterocycles. The van der Waals surface area contributed by atoms with Gasteiger partial charge in [-0.3, -0.25) is 24.6 Å². The predicted octanol–water partition coefficient (Wildman–Crippen LogP) is 1.24. The number of rotatable bonds is 3. The normalized spacial score (nSPS) is 36.5. The Kier molecular flexibility index (Phi) is 3.90. The number of benzene rings is 1. The average Bonchev–Trinajstić information content (AvgIpc) is 3.41. The summed E-state index contributed by atoms with van der Waals surface area (Å²) >= 11 is 0. The molecule has 7 heteroatoms. The maximum atomic E-state index is 13.5. The van der Waals surface area contributed by atoms with Crippen molar-refractivity contribution in [1.29, 1.82) is 0 Å². The minimum absolute atomic E-state index is 0.0992. The molecule has 0 unspecified atom stereocenters. The highest BCUT2D eigenvalue weighted by molar-refractivity contribution is 6.15. The summed E-state index contributed by atoms with van der Waals surface area (Å²) in [6, 6.07) is 7.20. The van der Waals surface area contributed by atoms with Crippen molar-refractivity contribution >= 4 is 23.4 Å². The number of carbonyl (C=O) groups is 3. The van der Waals surface area contributed by atoms with Crippen molar-refractivity contribution in [2.75, 3.05) is 18.5 Å². The molecular formula is C21H25N3O4. The van der Waals surface area contributed by atoms with Crippen LogP contribution < -0.4 is 10.6 Å². The van der Waals surface area contributed by atoms with Gasteiger partial charge in [-0.2, -0.15) is 0 Å². The predicted molar refractivity (Wildman–Crippen MR) is 101 cm³/mol. The van der Waals surface area contributed by atoms with Gasteiger partial charge in [-0.15, -0.1) is 0 Å². The summed E-state index contributed by atoms with van der Waals surface area (Å²) in [6.45, 7) is 5.00. The van der Waals surface area contributed by atoms with E-state index < -0.39 is 17.4 Å². The average molecular weight is 383 g/mol. The third kappa shape index (κ3) is 2.20. The summed E-state index contributed by atoms with van der Waals surface area (Å²) in [4.78, 5) is 41.4. The molecule has 5 atom stereocenters. The lowest BCUT2D eigenvalue weighted by atomic mass is 9.76. The zero-order chi connectivity index (χ0) is 19.6. The van der Waals surface area contributed by atoms with E-state index in [0.717, 1.165) is 18.4 Å². The van der Waals surface area contributed by atoms with Crippen LogP contribution in [-0.2, 0) is 24.7 Å². The van der Waals surface area contributed by atoms with Gasteiger partial charge in [-0.25, -0.2) is 0 Å². The van der Waals surface area contributed by atoms with Crippen molar-refractivity contribution in [1.82, 2.24) is 10.2 Å². The van der Waals surface area contributed by atoms with E-state index in [0.29, 0.717) is 12.3 Å². The third-order valence-corrected chi connectivity index (χ3v) is 6.78. The molecule has 0 radical (unpaired) electrons. The first-order valence-electron chi connectivity index (χ1n) is 10.1. The lowest BCUT2D eigenvalue weighted by Gasteiger charge is -2.30. The highest BCUT2D eigenvalue weighted by Gasteiger charge is 2.70. The van der Waals surface area contributed by atoms with Gasteiger partial charge < -0.3 is 10.1 Å². The molecule has 4 aliphatic heterocycles. The molecule has 1 aromatic carbocycles. The number of fused-ring (bicyclic) bond motifs is 4. The van der Waals surface area contributed by atoms with E-state index >= 15 is 0 Å². The number of anilines is 1. The third-order valence-electron chi connectivity index (χ3n) is 6.78. The zero-order valence-corrected chi connectivity index (χ0v) is 16.1. The topological polar surface area (TPSA) is 87.7 Å². The summed E-state index contributed by atoms with van der Waals surface area (Å²) in [5, 5.41) is 6.35. The summed E-state index contributed by atoms with van der Waals surface area (Å²) in [5.41, 5.74) is 0.285. The van der Waals surface area contributed by atoms with Crippen LogP contribution in [0, 0.1) is 17.8 Å². The van der Waals surface area contributed by atoms with E-state index in [2.05, 4.69) is 10.6 Å². The Labute approximate surface area is 163 Å². The van der Waals surface area contributed by atoms with Crippen LogP contribution in [0.15, 0.2) is 24.3 Å². The van der Waals surface area contributed by atoms with Gasteiger partial charge in [-0.1, -0.05) is 32.0 Å². The molecule has 148 valence electrons. The van der Waals surface area contributed by atoms with Gasteiger partial charge in [0.1, 0.15) is 5.54 Å². The van der Waals surface area contributed by atoms with Crippen molar-refractivity contribution < 1.29 is 19.1 Å². The van der Waals surface area contributed by atoms with Crippen LogP contribution in [0.25, 0.3) is 0 Å². The maximum Gasteiger partial charge on any atom is 0.250 e. The van der Waals surface area contributed by atoms with Crippen molar-refractivity contribution in [2.45, 2.75) is 44.4 Å². The minimum atomic E-state index is -1.19. The molecule has 7 nitrogen and oxygen atoms in total. The molecule has 3 amide bonds. The van der Waals surface area contributed by atoms with Crippen molar-refractivity contribution in [3.05, 3.63) is 29.8 Å². The molecule has 28 heavy (non-hydrogen) atoms. The number of para-hydroxylation sites is 1. The first-order valence-corrected chi connectivity index (χ1v) is 10.1. The van der Waals surface area contributed by atoms with Gasteiger partial charge >= 0.3 is 0 Å². The van der Waals surface area contributed by atoms with Crippen LogP contribution in [0.1, 0.15) is 32.3 Å². The second kappa shape index (κ2) is 6.12. The Bertz CT molecular complexity index is 863. The first kappa shape index (κ1) is 17.8. The molecule has 1 spiro atoms. The smallest absolute Gasteiger partial charge is 0.250 e. The van der Waals surface area contributed by atoms with Crippen molar-refractivity contribution in [3.63, 3.8) is 0 Å². The number of nitrogens with one attached hydrogen (secondary N) is 2. The molecule has 2 N–H and O–H groups in total. The van der Waals surface area contributed by atoms with Crippen molar-refractivity contribution in [2.24, 2.45) is 17.8 Å². The second-order valence-electron chi connectivity index (χ2n) is 8.65. The number of ether oxygens (including phenoxy) is 1. The molecule has 3 saturated heterocycles. The SMILES string of the molecule is CC(C)[C@@H]1N[C@@]2(C(=O)Nc3ccccc32)[C@H]2C(=O)N(C[C@@H]3CCCO3)C(=O)[C@@H]12. The largest absolute Gasteiger partial charge is 0.376 e. The van der Waals surface area contributed by atoms with E-state index in [4.69, 9.17) is 4.74 Å². The highest BCUT2D eigenvalue weighted by atomic mass is 16.5. The number of nitrogens with zero attached hydrogens (tertiary/aromatic N) is 1. The van der Waals surface area contributed by atoms with Crippen LogP contribution in [0.5, 0.6) is 0 Å². The standard InChI is InChI=1S/C21H25N3O4/c1-11(2)17-15-16(19(26)24(18(15)25)10-12-6-5-9-28-12)21(23-17)13-7-3-4-8-14(13)22-20(21)27/h3-4,7-8,11-12,15-17,23H,5-6,9-10H2,1-2H3,(H,22,27)/t12-,15+,16+,17-,21+/m0/s1. The number of amides is 3. The fourth-order valence-electron chi connectivity index (χ4n) is 5.50. The highest BCUT2D eigenvalue weighted by Crippen LogP contribution is 2.53. The lowest BCUT2D eigenvalue weighted by Crippen LogP contribution is -2.54. The van der Waals surface area contributed by atoms with Gasteiger partial charge in [0, 0.05) is 23.9 Å². The summed E-state index contributed by atoms with van der Waals surface area (Å²) in [7, 11) is 0. The van der Waals surface area contributed by atoms with E-state index in [1.54, 1.807) is 0 Å². The van der Waals surface area contributed by atoms with Gasteiger partial charge in [0.05, 0.1) is 24.5 Å². The Morgan fingerprint density at radius 2 is 2.00 bits per heavy atom. The molecule has 0 saturated carbocycles. The molecule has 0 aromatic heterocycles. The number of hydrogen-bond donors (Lipinski definition) is 2. The Balaban J connectivity index is 1.59. The number of imide groups is 1. The van der Waals surface area contributed by atoms with Gasteiger partial charge in [0.2, 0.25) is 17.7 Å². The summed E-state index contributed by atoms with van der Waals surface area (Å²) in [6.07, 6.45) is 1.70. The Morgan fingerprint density at radius 3 is 2.71 bits per heavy atom. The quantitative estimate of drug-likeness (QED) is 0.767. The van der Waals surface area contributed by atoms with Gasteiger partial charge in [0.15, 0.2) is 0 Å². The van der Waals surface area contributed by atoms with Crippen LogP contribution in [0.4, 0.5) is 5.69 Å². The Hall–Kier alpha value is -2.25. The Morgan fingerprint density at radius 1 is 1.21 bits per heavy atom. The molecular weight excluding hydrogens is 358 g/mol. The summed E-state index contributed by atoms with van der Waals surface area (Å²) < 4.78 is 5.66. The van der Waals surface area contributed by atoms with Gasteiger partial charge in [0.25, 0.3) is 0 Å². The first-order chi connectivity index (χ1) is 13.4. The minimum Gasteiger partial charge on any atom is -0.376 e. The van der Waals surface area contributed by atoms with E-state index in [1.807, 2.05) is 38.1 Å². The molecule has 0 aliphatic carbocycles. The van der Waals surface area contributed by atoms with Crippen molar-refractivity contribution in [3.8, 4) is 0 Å². The maximum absolute atomic E-state index is 13.5. The molecule has 1 aromatic rings. The zero-order valence-electron chi connectivity index (χ0n) is 16.1. The van der Waals surface area contributed by atoms with E-state index in [1.165, 1.54) is 4.90 Å². The number of carbonyl (C=O) groups excluding carboxylic acids is 3. The van der Waals surface area contributed by atoms with Crippen LogP contribution in [0.3, 0.4) is 0 Å². The lowest BCUT2D eigenvalue weighted by molar-refractivity contribution is -0.144. The van der Waals surface area contributed by atoms with E-state index in [9.17, 15) is 14.4 Å².